The second-order valence-electron chi connectivity index (χ2n) is 9.03. The third-order valence-electron chi connectivity index (χ3n) is 6.96. The number of benzene rings is 1. The highest BCUT2D eigenvalue weighted by molar-refractivity contribution is 7.91. The third kappa shape index (κ3) is 5.21. The highest BCUT2D eigenvalue weighted by atomic mass is 32.2. The molecule has 3 aliphatic rings. The summed E-state index contributed by atoms with van der Waals surface area (Å²) in [5.41, 5.74) is 0. The molecule has 0 N–H and O–H groups in total. The van der Waals surface area contributed by atoms with Crippen molar-refractivity contribution in [1.82, 2.24) is 9.80 Å². The van der Waals surface area contributed by atoms with Gasteiger partial charge in [-0.25, -0.2) is 8.42 Å². The van der Waals surface area contributed by atoms with E-state index in [1.165, 1.54) is 12.8 Å². The lowest BCUT2D eigenvalue weighted by atomic mass is 9.86. The van der Waals surface area contributed by atoms with Gasteiger partial charge in [-0.15, -0.1) is 0 Å². The summed E-state index contributed by atoms with van der Waals surface area (Å²) in [6.45, 7) is 3.42. The first-order chi connectivity index (χ1) is 14.0. The van der Waals surface area contributed by atoms with Crippen molar-refractivity contribution in [1.29, 1.82) is 0 Å². The Labute approximate surface area is 175 Å². The fourth-order valence-electron chi connectivity index (χ4n) is 5.02. The van der Waals surface area contributed by atoms with Crippen LogP contribution < -0.4 is 0 Å². The van der Waals surface area contributed by atoms with Crippen LogP contribution in [0.1, 0.15) is 51.4 Å². The molecule has 160 valence electrons. The first kappa shape index (κ1) is 20.9. The highest BCUT2D eigenvalue weighted by Crippen LogP contribution is 2.36. The molecule has 1 aliphatic carbocycles. The van der Waals surface area contributed by atoms with Crippen LogP contribution in [-0.2, 0) is 14.6 Å². The Bertz CT molecular complexity index is 784. The number of carbonyl (C=O) groups excluding carboxylic acids is 1. The molecule has 2 heterocycles. The van der Waals surface area contributed by atoms with E-state index in [4.69, 9.17) is 0 Å². The van der Waals surface area contributed by atoms with E-state index in [0.717, 1.165) is 58.2 Å². The number of amides is 1. The Balaban J connectivity index is 1.30. The topological polar surface area (TPSA) is 57.7 Å². The van der Waals surface area contributed by atoms with Gasteiger partial charge in [-0.05, 0) is 69.7 Å². The van der Waals surface area contributed by atoms with Crippen LogP contribution in [0.5, 0.6) is 0 Å². The van der Waals surface area contributed by atoms with Crippen molar-refractivity contribution in [2.75, 3.05) is 31.9 Å². The third-order valence-corrected chi connectivity index (χ3v) is 8.67. The van der Waals surface area contributed by atoms with Gasteiger partial charge in [0.25, 0.3) is 0 Å². The first-order valence-electron chi connectivity index (χ1n) is 11.4. The fourth-order valence-corrected chi connectivity index (χ4v) is 6.33. The Kier molecular flexibility index (Phi) is 6.60. The number of piperidine rings is 1. The van der Waals surface area contributed by atoms with Crippen LogP contribution in [-0.4, -0.2) is 62.1 Å². The van der Waals surface area contributed by atoms with Crippen molar-refractivity contribution in [3.8, 4) is 0 Å². The smallest absolute Gasteiger partial charge is 0.225 e. The standard InChI is InChI=1S/C23H34N2O3S/c26-23(20-10-11-20)25-14-6-2-5-9-22(25)19-12-15-24(16-13-19)17-18-29(27,28)21-7-3-1-4-8-21/h1,3-4,7-8,19-20,22H,2,5-6,9-18H2/t22-/m1/s1. The SMILES string of the molecule is O=C(C1CC1)N1CCCCC[C@@H]1C1CCN(CCS(=O)(=O)c2ccccc2)CC1. The number of hydrogen-bond donors (Lipinski definition) is 0. The van der Waals surface area contributed by atoms with Crippen LogP contribution in [0, 0.1) is 11.8 Å². The summed E-state index contributed by atoms with van der Waals surface area (Å²) in [5, 5.41) is 0. The number of likely N-dealkylation sites (tertiary alicyclic amines) is 2. The van der Waals surface area contributed by atoms with E-state index >= 15 is 0 Å². The number of nitrogens with zero attached hydrogens (tertiary/aromatic N) is 2. The molecule has 1 aromatic rings. The maximum Gasteiger partial charge on any atom is 0.225 e. The molecule has 1 aromatic carbocycles. The van der Waals surface area contributed by atoms with Crippen molar-refractivity contribution in [3.05, 3.63) is 30.3 Å². The number of rotatable bonds is 6. The van der Waals surface area contributed by atoms with E-state index in [2.05, 4.69) is 9.80 Å². The van der Waals surface area contributed by atoms with Gasteiger partial charge in [0.15, 0.2) is 9.84 Å². The minimum absolute atomic E-state index is 0.178. The van der Waals surface area contributed by atoms with Crippen LogP contribution in [0.4, 0.5) is 0 Å². The maximum absolute atomic E-state index is 12.8. The average molecular weight is 419 g/mol. The highest BCUT2D eigenvalue weighted by Gasteiger charge is 2.39. The van der Waals surface area contributed by atoms with Gasteiger partial charge in [0.05, 0.1) is 10.6 Å². The minimum Gasteiger partial charge on any atom is -0.339 e. The number of sulfone groups is 1. The second-order valence-corrected chi connectivity index (χ2v) is 11.1. The van der Waals surface area contributed by atoms with E-state index < -0.39 is 9.84 Å². The van der Waals surface area contributed by atoms with Crippen molar-refractivity contribution >= 4 is 15.7 Å². The zero-order valence-electron chi connectivity index (χ0n) is 17.3. The van der Waals surface area contributed by atoms with Crippen LogP contribution in [0.25, 0.3) is 0 Å². The van der Waals surface area contributed by atoms with Crippen molar-refractivity contribution < 1.29 is 13.2 Å². The Morgan fingerprint density at radius 2 is 1.62 bits per heavy atom. The van der Waals surface area contributed by atoms with Gasteiger partial charge in [-0.3, -0.25) is 4.79 Å². The van der Waals surface area contributed by atoms with Gasteiger partial charge in [-0.1, -0.05) is 31.0 Å². The summed E-state index contributed by atoms with van der Waals surface area (Å²) in [6, 6.07) is 9.16. The molecular formula is C23H34N2O3S. The van der Waals surface area contributed by atoms with Crippen LogP contribution >= 0.6 is 0 Å². The summed E-state index contributed by atoms with van der Waals surface area (Å²) in [5.74, 6) is 1.46. The quantitative estimate of drug-likeness (QED) is 0.711. The average Bonchev–Trinajstić information content (AvgIpc) is 3.60. The Morgan fingerprint density at radius 3 is 2.31 bits per heavy atom. The molecule has 2 aliphatic heterocycles. The molecule has 1 saturated carbocycles. The molecule has 1 amide bonds. The summed E-state index contributed by atoms with van der Waals surface area (Å²) in [7, 11) is -3.22. The van der Waals surface area contributed by atoms with Gasteiger partial charge < -0.3 is 9.80 Å². The zero-order valence-corrected chi connectivity index (χ0v) is 18.2. The van der Waals surface area contributed by atoms with Crippen molar-refractivity contribution in [3.63, 3.8) is 0 Å². The van der Waals surface area contributed by atoms with Crippen LogP contribution in [0.15, 0.2) is 35.2 Å². The minimum atomic E-state index is -3.22. The molecule has 1 atom stereocenters. The number of hydrogen-bond acceptors (Lipinski definition) is 4. The first-order valence-corrected chi connectivity index (χ1v) is 13.0. The Hall–Kier alpha value is -1.40. The lowest BCUT2D eigenvalue weighted by Gasteiger charge is -2.41. The lowest BCUT2D eigenvalue weighted by molar-refractivity contribution is -0.136. The normalized spacial score (nSPS) is 25.0. The molecule has 5 nitrogen and oxygen atoms in total. The van der Waals surface area contributed by atoms with Crippen LogP contribution in [0.2, 0.25) is 0 Å². The van der Waals surface area contributed by atoms with Gasteiger partial charge in [-0.2, -0.15) is 0 Å². The summed E-state index contributed by atoms with van der Waals surface area (Å²) >= 11 is 0. The molecule has 29 heavy (non-hydrogen) atoms. The van der Waals surface area contributed by atoms with Gasteiger partial charge >= 0.3 is 0 Å². The molecule has 3 fully saturated rings. The van der Waals surface area contributed by atoms with Gasteiger partial charge in [0.2, 0.25) is 5.91 Å². The van der Waals surface area contributed by atoms with E-state index in [9.17, 15) is 13.2 Å². The maximum atomic E-state index is 12.8. The predicted octanol–water partition coefficient (Wildman–Crippen LogP) is 3.35. The summed E-state index contributed by atoms with van der Waals surface area (Å²) in [6.07, 6.45) is 9.06. The molecule has 0 unspecified atom stereocenters. The van der Waals surface area contributed by atoms with Crippen molar-refractivity contribution in [2.45, 2.75) is 62.3 Å². The number of carbonyl (C=O) groups is 1. The molecule has 4 rings (SSSR count). The van der Waals surface area contributed by atoms with E-state index in [1.807, 2.05) is 6.07 Å². The summed E-state index contributed by atoms with van der Waals surface area (Å²) in [4.78, 5) is 17.8. The molecule has 0 radical (unpaired) electrons. The van der Waals surface area contributed by atoms with E-state index in [1.54, 1.807) is 24.3 Å². The monoisotopic (exact) mass is 418 g/mol. The van der Waals surface area contributed by atoms with Gasteiger partial charge in [0, 0.05) is 25.0 Å². The molecule has 2 saturated heterocycles. The largest absolute Gasteiger partial charge is 0.339 e. The lowest BCUT2D eigenvalue weighted by Crippen LogP contribution is -2.48. The molecule has 0 aromatic heterocycles. The van der Waals surface area contributed by atoms with E-state index in [-0.39, 0.29) is 5.75 Å². The summed E-state index contributed by atoms with van der Waals surface area (Å²) < 4.78 is 25.1. The molecular weight excluding hydrogens is 384 g/mol. The Morgan fingerprint density at radius 1 is 0.897 bits per heavy atom. The van der Waals surface area contributed by atoms with Crippen LogP contribution in [0.3, 0.4) is 0 Å². The fraction of sp³-hybridized carbons (Fsp3) is 0.696. The zero-order chi connectivity index (χ0) is 20.3. The molecule has 0 bridgehead atoms. The molecule has 6 heteroatoms. The van der Waals surface area contributed by atoms with E-state index in [0.29, 0.717) is 35.2 Å². The second kappa shape index (κ2) is 9.17. The van der Waals surface area contributed by atoms with Gasteiger partial charge in [0.1, 0.15) is 0 Å². The molecule has 0 spiro atoms. The predicted molar refractivity (Wildman–Crippen MR) is 114 cm³/mol. The van der Waals surface area contributed by atoms with Crippen molar-refractivity contribution in [2.24, 2.45) is 11.8 Å².